The van der Waals surface area contributed by atoms with E-state index in [1.54, 1.807) is 30.5 Å². The average molecular weight is 337 g/mol. The fourth-order valence-electron chi connectivity index (χ4n) is 1.75. The molecule has 0 aliphatic carbocycles. The maximum Gasteiger partial charge on any atom is 0.338 e. The summed E-state index contributed by atoms with van der Waals surface area (Å²) < 4.78 is 7.13. The van der Waals surface area contributed by atoms with Crippen molar-refractivity contribution in [3.8, 4) is 5.69 Å². The van der Waals surface area contributed by atoms with Gasteiger partial charge in [0.1, 0.15) is 6.61 Å². The minimum Gasteiger partial charge on any atom is -0.457 e. The molecule has 20 heavy (non-hydrogen) atoms. The van der Waals surface area contributed by atoms with Crippen molar-refractivity contribution >= 4 is 21.9 Å². The van der Waals surface area contributed by atoms with Crippen molar-refractivity contribution in [3.63, 3.8) is 0 Å². The number of imidazole rings is 1. The highest BCUT2D eigenvalue weighted by molar-refractivity contribution is 9.11. The topological polar surface area (TPSA) is 64.1 Å². The van der Waals surface area contributed by atoms with Crippen LogP contribution in [0.2, 0.25) is 0 Å². The second-order valence-electron chi connectivity index (χ2n) is 4.21. The van der Waals surface area contributed by atoms with Gasteiger partial charge in [0.25, 0.3) is 0 Å². The predicted octanol–water partition coefficient (Wildman–Crippen LogP) is 2.54. The van der Waals surface area contributed by atoms with Crippen molar-refractivity contribution in [2.75, 3.05) is 6.61 Å². The highest BCUT2D eigenvalue weighted by atomic mass is 79.9. The normalized spacial score (nSPS) is 10.3. The zero-order valence-electron chi connectivity index (χ0n) is 10.9. The first-order valence-electron chi connectivity index (χ1n) is 5.87. The fraction of sp³-hybridized carbons (Fsp3) is 0.143. The smallest absolute Gasteiger partial charge is 0.338 e. The molecule has 0 fully saturated rings. The molecule has 1 N–H and O–H groups in total. The van der Waals surface area contributed by atoms with E-state index in [1.807, 2.05) is 6.92 Å². The number of hydrogen-bond acceptors (Lipinski definition) is 3. The van der Waals surface area contributed by atoms with Crippen LogP contribution < -0.4 is 5.69 Å². The van der Waals surface area contributed by atoms with Gasteiger partial charge in [-0.2, -0.15) is 0 Å². The van der Waals surface area contributed by atoms with Gasteiger partial charge in [-0.1, -0.05) is 22.5 Å². The number of aromatic amines is 1. The lowest BCUT2D eigenvalue weighted by Gasteiger charge is -2.06. The van der Waals surface area contributed by atoms with E-state index in [0.717, 1.165) is 5.69 Å². The van der Waals surface area contributed by atoms with Crippen LogP contribution in [-0.4, -0.2) is 22.1 Å². The molecule has 104 valence electrons. The van der Waals surface area contributed by atoms with E-state index in [1.165, 1.54) is 4.57 Å². The minimum atomic E-state index is -0.435. The summed E-state index contributed by atoms with van der Waals surface area (Å²) in [6.45, 7) is 5.53. The Balaban J connectivity index is 2.21. The van der Waals surface area contributed by atoms with E-state index in [4.69, 9.17) is 4.74 Å². The van der Waals surface area contributed by atoms with Gasteiger partial charge >= 0.3 is 11.7 Å². The van der Waals surface area contributed by atoms with Gasteiger partial charge in [-0.15, -0.1) is 0 Å². The Bertz CT molecular complexity index is 698. The molecule has 0 bridgehead atoms. The maximum absolute atomic E-state index is 11.7. The highest BCUT2D eigenvalue weighted by Crippen LogP contribution is 2.11. The standard InChI is InChI=1S/C14H13BrN2O3/c1-9(15)8-20-13(18)11-3-5-12(6-4-11)17-10(2)7-16-14(17)19/h3-7H,1,8H2,2H3,(H,16,19). The Kier molecular flexibility index (Phi) is 4.24. The monoisotopic (exact) mass is 336 g/mol. The third kappa shape index (κ3) is 3.08. The van der Waals surface area contributed by atoms with Crippen LogP contribution in [-0.2, 0) is 4.74 Å². The van der Waals surface area contributed by atoms with Crippen LogP contribution in [0.4, 0.5) is 0 Å². The van der Waals surface area contributed by atoms with Gasteiger partial charge in [0.05, 0.1) is 11.3 Å². The molecule has 0 atom stereocenters. The van der Waals surface area contributed by atoms with Crippen molar-refractivity contribution in [2.45, 2.75) is 6.92 Å². The molecule has 6 heteroatoms. The number of benzene rings is 1. The van der Waals surface area contributed by atoms with E-state index < -0.39 is 5.97 Å². The van der Waals surface area contributed by atoms with Crippen molar-refractivity contribution in [3.05, 3.63) is 63.3 Å². The molecule has 2 rings (SSSR count). The number of halogens is 1. The Hall–Kier alpha value is -2.08. The van der Waals surface area contributed by atoms with Crippen molar-refractivity contribution < 1.29 is 9.53 Å². The Labute approximate surface area is 124 Å². The second-order valence-corrected chi connectivity index (χ2v) is 5.33. The minimum absolute atomic E-state index is 0.122. The summed E-state index contributed by atoms with van der Waals surface area (Å²) >= 11 is 3.12. The number of rotatable bonds is 4. The van der Waals surface area contributed by atoms with Crippen molar-refractivity contribution in [2.24, 2.45) is 0 Å². The number of carbonyl (C=O) groups excluding carboxylic acids is 1. The molecule has 0 spiro atoms. The van der Waals surface area contributed by atoms with E-state index in [9.17, 15) is 9.59 Å². The highest BCUT2D eigenvalue weighted by Gasteiger charge is 2.09. The van der Waals surface area contributed by atoms with Gasteiger partial charge < -0.3 is 9.72 Å². The summed E-state index contributed by atoms with van der Waals surface area (Å²) in [4.78, 5) is 26.0. The van der Waals surface area contributed by atoms with E-state index in [2.05, 4.69) is 27.5 Å². The van der Waals surface area contributed by atoms with Crippen LogP contribution in [0, 0.1) is 6.92 Å². The second kappa shape index (κ2) is 5.92. The number of H-pyrrole nitrogens is 1. The Morgan fingerprint density at radius 1 is 1.40 bits per heavy atom. The van der Waals surface area contributed by atoms with Gasteiger partial charge in [-0.05, 0) is 31.2 Å². The zero-order chi connectivity index (χ0) is 14.7. The maximum atomic E-state index is 11.7. The number of esters is 1. The first kappa shape index (κ1) is 14.3. The van der Waals surface area contributed by atoms with Crippen molar-refractivity contribution in [1.82, 2.24) is 9.55 Å². The number of nitrogens with zero attached hydrogens (tertiary/aromatic N) is 1. The average Bonchev–Trinajstić information content (AvgIpc) is 2.76. The molecular formula is C14H13BrN2O3. The van der Waals surface area contributed by atoms with Gasteiger partial charge in [0, 0.05) is 16.4 Å². The molecule has 1 aromatic heterocycles. The van der Waals surface area contributed by atoms with Crippen LogP contribution in [0.3, 0.4) is 0 Å². The summed E-state index contributed by atoms with van der Waals surface area (Å²) in [5, 5.41) is 0. The zero-order valence-corrected chi connectivity index (χ0v) is 12.4. The quantitative estimate of drug-likeness (QED) is 0.872. The first-order chi connectivity index (χ1) is 9.49. The number of aromatic nitrogens is 2. The summed E-state index contributed by atoms with van der Waals surface area (Å²) in [6, 6.07) is 6.63. The third-order valence-corrected chi connectivity index (χ3v) is 2.91. The van der Waals surface area contributed by atoms with Gasteiger partial charge in [-0.3, -0.25) is 4.57 Å². The largest absolute Gasteiger partial charge is 0.457 e. The number of aryl methyl sites for hydroxylation is 1. The molecular weight excluding hydrogens is 324 g/mol. The van der Waals surface area contributed by atoms with Crippen LogP contribution in [0.5, 0.6) is 0 Å². The molecule has 0 saturated carbocycles. The van der Waals surface area contributed by atoms with Gasteiger partial charge in [0.15, 0.2) is 0 Å². The number of nitrogens with one attached hydrogen (secondary N) is 1. The Morgan fingerprint density at radius 3 is 2.55 bits per heavy atom. The van der Waals surface area contributed by atoms with Gasteiger partial charge in [0.2, 0.25) is 0 Å². The van der Waals surface area contributed by atoms with E-state index in [0.29, 0.717) is 15.7 Å². The molecule has 5 nitrogen and oxygen atoms in total. The van der Waals surface area contributed by atoms with Crippen LogP contribution in [0.1, 0.15) is 16.1 Å². The summed E-state index contributed by atoms with van der Waals surface area (Å²) in [6.07, 6.45) is 1.63. The lowest BCUT2D eigenvalue weighted by Crippen LogP contribution is -2.16. The molecule has 0 aliphatic rings. The molecule has 0 radical (unpaired) electrons. The SMILES string of the molecule is C=C(Br)COC(=O)c1ccc(-n2c(C)c[nH]c2=O)cc1. The Morgan fingerprint density at radius 2 is 2.05 bits per heavy atom. The number of carbonyl (C=O) groups is 1. The molecule has 0 amide bonds. The van der Waals surface area contributed by atoms with Gasteiger partial charge in [-0.25, -0.2) is 9.59 Å². The lowest BCUT2D eigenvalue weighted by molar-refractivity contribution is 0.0547. The van der Waals surface area contributed by atoms with Crippen molar-refractivity contribution in [1.29, 1.82) is 0 Å². The van der Waals surface area contributed by atoms with Crippen LogP contribution >= 0.6 is 15.9 Å². The third-order valence-electron chi connectivity index (χ3n) is 2.68. The summed E-state index contributed by atoms with van der Waals surface area (Å²) in [5.74, 6) is -0.435. The van der Waals surface area contributed by atoms with E-state index >= 15 is 0 Å². The number of ether oxygens (including phenoxy) is 1. The lowest BCUT2D eigenvalue weighted by atomic mass is 10.2. The predicted molar refractivity (Wildman–Crippen MR) is 79.5 cm³/mol. The number of hydrogen-bond donors (Lipinski definition) is 1. The first-order valence-corrected chi connectivity index (χ1v) is 6.66. The molecule has 0 saturated heterocycles. The molecule has 1 heterocycles. The molecule has 0 aliphatic heterocycles. The fourth-order valence-corrected chi connectivity index (χ4v) is 1.86. The summed E-state index contributed by atoms with van der Waals surface area (Å²) in [5.41, 5.74) is 1.69. The molecule has 0 unspecified atom stereocenters. The van der Waals surface area contributed by atoms with Crippen LogP contribution in [0.25, 0.3) is 5.69 Å². The molecule has 1 aromatic carbocycles. The van der Waals surface area contributed by atoms with Crippen LogP contribution in [0.15, 0.2) is 46.3 Å². The van der Waals surface area contributed by atoms with E-state index in [-0.39, 0.29) is 12.3 Å². The molecule has 2 aromatic rings. The summed E-state index contributed by atoms with van der Waals surface area (Å²) in [7, 11) is 0.